The summed E-state index contributed by atoms with van der Waals surface area (Å²) in [5, 5.41) is 9.68. The van der Waals surface area contributed by atoms with E-state index in [0.29, 0.717) is 17.4 Å². The van der Waals surface area contributed by atoms with E-state index in [9.17, 15) is 19.5 Å². The van der Waals surface area contributed by atoms with E-state index in [1.165, 1.54) is 77.0 Å². The van der Waals surface area contributed by atoms with Crippen LogP contribution in [0.15, 0.2) is 85.1 Å². The van der Waals surface area contributed by atoms with Gasteiger partial charge in [0.25, 0.3) is 6.29 Å². The largest absolute Gasteiger partial charge is 0.477 e. The molecule has 67 heavy (non-hydrogen) atoms. The Morgan fingerprint density at radius 1 is 0.463 bits per heavy atom. The van der Waals surface area contributed by atoms with E-state index in [0.717, 1.165) is 96.3 Å². The lowest BCUT2D eigenvalue weighted by molar-refractivity contribution is -0.870. The second kappa shape index (κ2) is 48.9. The second-order valence-corrected chi connectivity index (χ2v) is 18.8. The van der Waals surface area contributed by atoms with Crippen LogP contribution in [0.5, 0.6) is 0 Å². The molecule has 0 radical (unpaired) electrons. The molecule has 0 saturated heterocycles. The number of rotatable bonds is 48. The van der Waals surface area contributed by atoms with Crippen molar-refractivity contribution in [3.05, 3.63) is 85.1 Å². The van der Waals surface area contributed by atoms with E-state index in [2.05, 4.69) is 98.9 Å². The molecule has 0 fully saturated rings. The molecule has 0 aromatic heterocycles. The molecule has 0 aromatic rings. The third-order valence-electron chi connectivity index (χ3n) is 11.1. The van der Waals surface area contributed by atoms with Crippen molar-refractivity contribution in [3.63, 3.8) is 0 Å². The summed E-state index contributed by atoms with van der Waals surface area (Å²) < 4.78 is 22.8. The van der Waals surface area contributed by atoms with Gasteiger partial charge in [0.2, 0.25) is 0 Å². The summed E-state index contributed by atoms with van der Waals surface area (Å²) in [6.45, 7) is 4.72. The van der Waals surface area contributed by atoms with Crippen LogP contribution in [-0.4, -0.2) is 87.4 Å². The number of hydrogen-bond donors (Lipinski definition) is 1. The maximum atomic E-state index is 12.8. The quantitative estimate of drug-likeness (QED) is 0.0211. The number of nitrogens with zero attached hydrogens (tertiary/aromatic N) is 1. The lowest BCUT2D eigenvalue weighted by Crippen LogP contribution is -2.40. The van der Waals surface area contributed by atoms with E-state index in [1.54, 1.807) is 0 Å². The smallest absolute Gasteiger partial charge is 0.361 e. The van der Waals surface area contributed by atoms with Gasteiger partial charge in [-0.25, -0.2) is 4.79 Å². The van der Waals surface area contributed by atoms with E-state index in [-0.39, 0.29) is 38.6 Å². The molecule has 0 heterocycles. The number of likely N-dealkylation sites (N-methyl/N-ethyl adjacent to an activating group) is 1. The van der Waals surface area contributed by atoms with Crippen LogP contribution >= 0.6 is 0 Å². The Bertz CT molecular complexity index is 1370. The monoisotopic (exact) mass is 939 g/mol. The standard InChI is InChI=1S/C58H99NO8/c1-6-8-10-12-14-16-18-20-22-24-26-28-30-32-34-36-38-40-42-44-46-48-55(60)65-52-54(53-66-58(57(62)63)64-51-50-59(3,4)5)67-56(61)49-47-45-43-41-39-37-35-33-31-29-27-25-23-21-19-17-15-13-11-9-7-2/h9,11,15,17-18,20-21,23-24,26-27,29-30,32,54,58H,6-8,10,12-14,16,19,22,25,28,31,33-53H2,1-5H3/p+1/b11-9-,17-15-,20-18-,23-21-,26-24-,29-27-,32-30-. The van der Waals surface area contributed by atoms with Crippen LogP contribution in [0.2, 0.25) is 0 Å². The molecule has 9 heteroatoms. The minimum Gasteiger partial charge on any atom is -0.477 e. The number of quaternary nitrogens is 1. The van der Waals surface area contributed by atoms with Crippen molar-refractivity contribution in [2.45, 2.75) is 219 Å². The Hall–Kier alpha value is -3.53. The minimum absolute atomic E-state index is 0.179. The second-order valence-electron chi connectivity index (χ2n) is 18.8. The fourth-order valence-corrected chi connectivity index (χ4v) is 7.01. The van der Waals surface area contributed by atoms with Crippen LogP contribution in [0.1, 0.15) is 206 Å². The highest BCUT2D eigenvalue weighted by molar-refractivity contribution is 5.71. The van der Waals surface area contributed by atoms with Crippen LogP contribution in [0.25, 0.3) is 0 Å². The number of carboxylic acid groups (broad SMARTS) is 1. The first-order chi connectivity index (χ1) is 32.6. The molecule has 0 aromatic carbocycles. The van der Waals surface area contributed by atoms with Gasteiger partial charge in [0.1, 0.15) is 13.2 Å². The van der Waals surface area contributed by atoms with Crippen molar-refractivity contribution in [1.82, 2.24) is 0 Å². The number of hydrogen-bond acceptors (Lipinski definition) is 7. The highest BCUT2D eigenvalue weighted by Crippen LogP contribution is 2.14. The molecule has 0 rings (SSSR count). The summed E-state index contributed by atoms with van der Waals surface area (Å²) in [6.07, 6.45) is 60.7. The van der Waals surface area contributed by atoms with Gasteiger partial charge in [-0.1, -0.05) is 189 Å². The topological polar surface area (TPSA) is 108 Å². The average Bonchev–Trinajstić information content (AvgIpc) is 3.29. The molecule has 1 N–H and O–H groups in total. The average molecular weight is 939 g/mol. The molecule has 2 unspecified atom stereocenters. The maximum Gasteiger partial charge on any atom is 0.361 e. The maximum absolute atomic E-state index is 12.8. The molecule has 0 saturated carbocycles. The lowest BCUT2D eigenvalue weighted by Gasteiger charge is -2.25. The third-order valence-corrected chi connectivity index (χ3v) is 11.1. The molecular formula is C58H100NO8+. The fourth-order valence-electron chi connectivity index (χ4n) is 7.01. The molecule has 0 aliphatic rings. The van der Waals surface area contributed by atoms with Crippen molar-refractivity contribution in [2.75, 3.05) is 47.5 Å². The van der Waals surface area contributed by atoms with E-state index in [1.807, 2.05) is 21.1 Å². The molecule has 9 nitrogen and oxygen atoms in total. The Kier molecular flexibility index (Phi) is 46.3. The predicted molar refractivity (Wildman–Crippen MR) is 281 cm³/mol. The van der Waals surface area contributed by atoms with Crippen LogP contribution in [0.4, 0.5) is 0 Å². The molecule has 2 atom stereocenters. The number of aliphatic carboxylic acids is 1. The first kappa shape index (κ1) is 63.5. The first-order valence-corrected chi connectivity index (χ1v) is 26.8. The van der Waals surface area contributed by atoms with Crippen molar-refractivity contribution in [2.24, 2.45) is 0 Å². The predicted octanol–water partition coefficient (Wildman–Crippen LogP) is 15.2. The number of esters is 2. The Labute approximate surface area is 410 Å². The molecule has 0 bridgehead atoms. The highest BCUT2D eigenvalue weighted by atomic mass is 16.7. The van der Waals surface area contributed by atoms with Crippen LogP contribution in [-0.2, 0) is 33.3 Å². The lowest BCUT2D eigenvalue weighted by atomic mass is 10.1. The van der Waals surface area contributed by atoms with Crippen LogP contribution in [0.3, 0.4) is 0 Å². The fraction of sp³-hybridized carbons (Fsp3) is 0.707. The van der Waals surface area contributed by atoms with Gasteiger partial charge in [-0.05, 0) is 89.9 Å². The normalized spacial score (nSPS) is 13.5. The SMILES string of the molecule is CC/C=C\C/C=C\C/C=C\C/C=C\CCCCCCCCCCC(=O)OC(COC(=O)CCCCCCCC/C=C\C/C=C\C/C=C\CCCCCCC)COC(OCC[N+](C)(C)C)C(=O)O. The molecule has 0 aliphatic heterocycles. The molecule has 0 aliphatic carbocycles. The van der Waals surface area contributed by atoms with Crippen LogP contribution < -0.4 is 0 Å². The summed E-state index contributed by atoms with van der Waals surface area (Å²) in [5.41, 5.74) is 0. The van der Waals surface area contributed by atoms with Crippen molar-refractivity contribution in [3.8, 4) is 0 Å². The van der Waals surface area contributed by atoms with Crippen molar-refractivity contribution < 1.29 is 42.9 Å². The summed E-state index contributed by atoms with van der Waals surface area (Å²) in [7, 11) is 5.95. The van der Waals surface area contributed by atoms with Gasteiger partial charge in [-0.15, -0.1) is 0 Å². The van der Waals surface area contributed by atoms with Gasteiger partial charge in [-0.2, -0.15) is 0 Å². The number of carbonyl (C=O) groups excluding carboxylic acids is 2. The number of carbonyl (C=O) groups is 3. The molecule has 0 spiro atoms. The summed E-state index contributed by atoms with van der Waals surface area (Å²) in [6, 6.07) is 0. The van der Waals surface area contributed by atoms with Gasteiger partial charge in [0, 0.05) is 12.8 Å². The zero-order valence-corrected chi connectivity index (χ0v) is 43.5. The van der Waals surface area contributed by atoms with Gasteiger partial charge in [-0.3, -0.25) is 9.59 Å². The number of ether oxygens (including phenoxy) is 4. The van der Waals surface area contributed by atoms with Crippen molar-refractivity contribution in [1.29, 1.82) is 0 Å². The van der Waals surface area contributed by atoms with Gasteiger partial charge < -0.3 is 28.5 Å². The van der Waals surface area contributed by atoms with Gasteiger partial charge in [0.05, 0.1) is 34.4 Å². The third kappa shape index (κ3) is 50.2. The molecular weight excluding hydrogens is 839 g/mol. The molecule has 384 valence electrons. The summed E-state index contributed by atoms with van der Waals surface area (Å²) in [5.74, 6) is -2.04. The summed E-state index contributed by atoms with van der Waals surface area (Å²) >= 11 is 0. The number of carboxylic acids is 1. The Balaban J connectivity index is 4.38. The number of allylic oxidation sites excluding steroid dienone is 14. The summed E-state index contributed by atoms with van der Waals surface area (Å²) in [4.78, 5) is 37.3. The highest BCUT2D eigenvalue weighted by Gasteiger charge is 2.25. The van der Waals surface area contributed by atoms with Crippen molar-refractivity contribution >= 4 is 17.9 Å². The Morgan fingerprint density at radius 3 is 1.27 bits per heavy atom. The van der Waals surface area contributed by atoms with E-state index >= 15 is 0 Å². The number of unbranched alkanes of at least 4 members (excludes halogenated alkanes) is 19. The first-order valence-electron chi connectivity index (χ1n) is 26.8. The molecule has 0 amide bonds. The zero-order valence-electron chi connectivity index (χ0n) is 43.5. The Morgan fingerprint density at radius 2 is 0.851 bits per heavy atom. The van der Waals surface area contributed by atoms with Gasteiger partial charge >= 0.3 is 17.9 Å². The minimum atomic E-state index is -1.52. The van der Waals surface area contributed by atoms with E-state index in [4.69, 9.17) is 18.9 Å². The van der Waals surface area contributed by atoms with E-state index < -0.39 is 24.3 Å². The van der Waals surface area contributed by atoms with Crippen LogP contribution in [0, 0.1) is 0 Å². The van der Waals surface area contributed by atoms with Gasteiger partial charge in [0.15, 0.2) is 6.10 Å². The zero-order chi connectivity index (χ0) is 49.2.